The Morgan fingerprint density at radius 3 is 2.33 bits per heavy atom. The van der Waals surface area contributed by atoms with Gasteiger partial charge < -0.3 is 5.32 Å². The van der Waals surface area contributed by atoms with Crippen molar-refractivity contribution in [3.63, 3.8) is 0 Å². The van der Waals surface area contributed by atoms with Crippen molar-refractivity contribution in [2.75, 3.05) is 5.32 Å². The number of hydrogen-bond acceptors (Lipinski definition) is 1. The molecular weight excluding hydrogens is 350 g/mol. The first-order valence-electron chi connectivity index (χ1n) is 9.24. The number of halogens is 1. The van der Waals surface area contributed by atoms with Crippen molar-refractivity contribution >= 4 is 33.7 Å². The lowest BCUT2D eigenvalue weighted by molar-refractivity contribution is 0.645. The predicted octanol–water partition coefficient (Wildman–Crippen LogP) is 7.54. The van der Waals surface area contributed by atoms with Gasteiger partial charge in [-0.15, -0.1) is 0 Å². The monoisotopic (exact) mass is 369 g/mol. The second-order valence-corrected chi connectivity index (χ2v) is 8.11. The summed E-state index contributed by atoms with van der Waals surface area (Å²) in [4.78, 5) is 0. The van der Waals surface area contributed by atoms with Gasteiger partial charge in [0.2, 0.25) is 0 Å². The highest BCUT2D eigenvalue weighted by atomic mass is 35.5. The van der Waals surface area contributed by atoms with Gasteiger partial charge >= 0.3 is 0 Å². The predicted molar refractivity (Wildman–Crippen MR) is 116 cm³/mol. The number of benzene rings is 4. The maximum Gasteiger partial charge on any atom is 0.0640 e. The third-order valence-electron chi connectivity index (χ3n) is 5.71. The smallest absolute Gasteiger partial charge is 0.0640 e. The van der Waals surface area contributed by atoms with Crippen molar-refractivity contribution in [2.24, 2.45) is 0 Å². The molecule has 0 bridgehead atoms. The first-order chi connectivity index (χ1) is 13.1. The fourth-order valence-electron chi connectivity index (χ4n) is 4.32. The van der Waals surface area contributed by atoms with Crippen LogP contribution in [-0.4, -0.2) is 0 Å². The summed E-state index contributed by atoms with van der Waals surface area (Å²) in [5, 5.41) is 6.89. The third kappa shape index (κ3) is 2.46. The van der Waals surface area contributed by atoms with Gasteiger partial charge in [-0.25, -0.2) is 0 Å². The van der Waals surface area contributed by atoms with Gasteiger partial charge in [-0.05, 0) is 57.3 Å². The zero-order valence-electron chi connectivity index (χ0n) is 15.4. The minimum atomic E-state index is -0.0681. The normalized spacial score (nSPS) is 14.0. The second-order valence-electron chi connectivity index (χ2n) is 7.70. The zero-order chi connectivity index (χ0) is 18.6. The fraction of sp³-hybridized carbons (Fsp3) is 0.120. The van der Waals surface area contributed by atoms with E-state index in [0.717, 1.165) is 16.4 Å². The highest BCUT2D eigenvalue weighted by Gasteiger charge is 2.33. The summed E-state index contributed by atoms with van der Waals surface area (Å²) in [6.45, 7) is 4.63. The first-order valence-corrected chi connectivity index (χ1v) is 9.62. The van der Waals surface area contributed by atoms with E-state index >= 15 is 0 Å². The number of rotatable bonds is 2. The molecule has 0 atom stereocenters. The Morgan fingerprint density at radius 1 is 0.741 bits per heavy atom. The van der Waals surface area contributed by atoms with Crippen LogP contribution in [0.1, 0.15) is 25.0 Å². The largest absolute Gasteiger partial charge is 0.354 e. The van der Waals surface area contributed by atoms with Crippen molar-refractivity contribution in [3.8, 4) is 11.1 Å². The summed E-state index contributed by atoms with van der Waals surface area (Å²) in [6.07, 6.45) is 0. The number of nitrogens with one attached hydrogen (secondary N) is 1. The van der Waals surface area contributed by atoms with E-state index in [4.69, 9.17) is 11.6 Å². The van der Waals surface area contributed by atoms with Crippen LogP contribution < -0.4 is 5.32 Å². The average molecular weight is 370 g/mol. The summed E-state index contributed by atoms with van der Waals surface area (Å²) in [5.41, 5.74) is 7.28. The Morgan fingerprint density at radius 2 is 1.52 bits per heavy atom. The van der Waals surface area contributed by atoms with Gasteiger partial charge in [0.25, 0.3) is 0 Å². The minimum Gasteiger partial charge on any atom is -0.354 e. The lowest BCUT2D eigenvalue weighted by Crippen LogP contribution is -2.23. The molecule has 0 amide bonds. The number of anilines is 2. The zero-order valence-corrected chi connectivity index (χ0v) is 16.1. The molecule has 5 rings (SSSR count). The van der Waals surface area contributed by atoms with E-state index < -0.39 is 0 Å². The van der Waals surface area contributed by atoms with E-state index in [1.807, 2.05) is 24.3 Å². The van der Waals surface area contributed by atoms with E-state index in [2.05, 4.69) is 73.8 Å². The number of hydrogen-bond donors (Lipinski definition) is 1. The van der Waals surface area contributed by atoms with Crippen LogP contribution in [0, 0.1) is 0 Å². The molecule has 0 aliphatic heterocycles. The van der Waals surface area contributed by atoms with Crippen LogP contribution in [0.5, 0.6) is 0 Å². The Hall–Kier alpha value is -2.77. The van der Waals surface area contributed by atoms with Gasteiger partial charge in [0.05, 0.1) is 10.7 Å². The van der Waals surface area contributed by atoms with E-state index in [-0.39, 0.29) is 5.41 Å². The van der Waals surface area contributed by atoms with Crippen LogP contribution >= 0.6 is 11.6 Å². The maximum atomic E-state index is 6.33. The number of para-hydroxylation sites is 1. The molecule has 0 saturated carbocycles. The molecular formula is C25H20ClN. The topological polar surface area (TPSA) is 12.0 Å². The van der Waals surface area contributed by atoms with Crippen LogP contribution in [0.15, 0.2) is 78.9 Å². The molecule has 0 saturated heterocycles. The highest BCUT2D eigenvalue weighted by Crippen LogP contribution is 2.49. The van der Waals surface area contributed by atoms with Gasteiger partial charge in [-0.1, -0.05) is 80.0 Å². The molecule has 0 unspecified atom stereocenters. The molecule has 1 N–H and O–H groups in total. The standard InChI is InChI=1S/C25H20ClN/c1-25(2)20-10-6-8-16-7-5-9-19(24(16)20)18-14-13-17(15-21(18)25)27-23-12-4-3-11-22(23)26/h3-15,27H,1-2H3. The van der Waals surface area contributed by atoms with Gasteiger partial charge in [0, 0.05) is 11.1 Å². The van der Waals surface area contributed by atoms with Crippen molar-refractivity contribution in [1.29, 1.82) is 0 Å². The molecule has 27 heavy (non-hydrogen) atoms. The Labute approximate surface area is 164 Å². The van der Waals surface area contributed by atoms with Crippen molar-refractivity contribution in [1.82, 2.24) is 0 Å². The molecule has 1 nitrogen and oxygen atoms in total. The lowest BCUT2D eigenvalue weighted by Gasteiger charge is -2.35. The van der Waals surface area contributed by atoms with Crippen molar-refractivity contribution in [3.05, 3.63) is 95.0 Å². The Bertz CT molecular complexity index is 1180. The SMILES string of the molecule is CC1(C)c2cc(Nc3ccccc3Cl)ccc2-c2cccc3cccc1c23. The fourth-order valence-corrected chi connectivity index (χ4v) is 4.51. The molecule has 1 aliphatic carbocycles. The Kier molecular flexibility index (Phi) is 3.57. The van der Waals surface area contributed by atoms with E-state index in [1.165, 1.54) is 33.0 Å². The summed E-state index contributed by atoms with van der Waals surface area (Å²) in [7, 11) is 0. The van der Waals surface area contributed by atoms with Crippen molar-refractivity contribution in [2.45, 2.75) is 19.3 Å². The summed E-state index contributed by atoms with van der Waals surface area (Å²) in [6, 6.07) is 27.7. The molecule has 4 aromatic carbocycles. The van der Waals surface area contributed by atoms with Crippen molar-refractivity contribution < 1.29 is 0 Å². The molecule has 4 aromatic rings. The molecule has 2 heteroatoms. The van der Waals surface area contributed by atoms with Crippen LogP contribution in [0.3, 0.4) is 0 Å². The summed E-state index contributed by atoms with van der Waals surface area (Å²) >= 11 is 6.33. The van der Waals surface area contributed by atoms with Crippen LogP contribution in [0.2, 0.25) is 5.02 Å². The van der Waals surface area contributed by atoms with Crippen LogP contribution in [0.25, 0.3) is 21.9 Å². The molecule has 0 radical (unpaired) electrons. The third-order valence-corrected chi connectivity index (χ3v) is 6.04. The molecule has 1 aliphatic rings. The molecule has 0 heterocycles. The van der Waals surface area contributed by atoms with Gasteiger partial charge in [-0.2, -0.15) is 0 Å². The van der Waals surface area contributed by atoms with Crippen LogP contribution in [-0.2, 0) is 5.41 Å². The summed E-state index contributed by atoms with van der Waals surface area (Å²) in [5.74, 6) is 0. The molecule has 0 spiro atoms. The Balaban J connectivity index is 1.71. The second kappa shape index (κ2) is 5.87. The highest BCUT2D eigenvalue weighted by molar-refractivity contribution is 6.33. The number of fused-ring (bicyclic) bond motifs is 2. The quantitative estimate of drug-likeness (QED) is 0.384. The summed E-state index contributed by atoms with van der Waals surface area (Å²) < 4.78 is 0. The van der Waals surface area contributed by atoms with E-state index in [0.29, 0.717) is 0 Å². The minimum absolute atomic E-state index is 0.0681. The average Bonchev–Trinajstić information content (AvgIpc) is 2.68. The molecule has 0 aromatic heterocycles. The van der Waals surface area contributed by atoms with Gasteiger partial charge in [-0.3, -0.25) is 0 Å². The van der Waals surface area contributed by atoms with Crippen LogP contribution in [0.4, 0.5) is 11.4 Å². The first kappa shape index (κ1) is 16.4. The molecule has 132 valence electrons. The van der Waals surface area contributed by atoms with E-state index in [9.17, 15) is 0 Å². The van der Waals surface area contributed by atoms with E-state index in [1.54, 1.807) is 0 Å². The van der Waals surface area contributed by atoms with Gasteiger partial charge in [0.15, 0.2) is 0 Å². The maximum absolute atomic E-state index is 6.33. The van der Waals surface area contributed by atoms with Gasteiger partial charge in [0.1, 0.15) is 0 Å². The lowest BCUT2D eigenvalue weighted by atomic mass is 9.68. The molecule has 0 fully saturated rings.